The van der Waals surface area contributed by atoms with Gasteiger partial charge in [-0.25, -0.2) is 0 Å². The van der Waals surface area contributed by atoms with Crippen molar-refractivity contribution < 1.29 is 14.6 Å². The summed E-state index contributed by atoms with van der Waals surface area (Å²) in [4.78, 5) is 17.1. The highest BCUT2D eigenvalue weighted by atomic mass is 35.5. The Hall–Kier alpha value is -2.54. The molecule has 2 aliphatic rings. The van der Waals surface area contributed by atoms with E-state index >= 15 is 0 Å². The number of aliphatic hydroxyl groups excluding tert-OH is 1. The van der Waals surface area contributed by atoms with Crippen LogP contribution in [0.5, 0.6) is 5.75 Å². The van der Waals surface area contributed by atoms with Crippen LogP contribution >= 0.6 is 11.6 Å². The Bertz CT molecular complexity index is 1050. The van der Waals surface area contributed by atoms with Gasteiger partial charge in [-0.1, -0.05) is 42.8 Å². The molecule has 34 heavy (non-hydrogen) atoms. The van der Waals surface area contributed by atoms with Crippen LogP contribution in [0.2, 0.25) is 5.02 Å². The van der Waals surface area contributed by atoms with Gasteiger partial charge in [-0.15, -0.1) is 0 Å². The van der Waals surface area contributed by atoms with Gasteiger partial charge >= 0.3 is 0 Å². The largest absolute Gasteiger partial charge is 0.493 e. The van der Waals surface area contributed by atoms with E-state index in [4.69, 9.17) is 16.3 Å². The number of amides is 1. The van der Waals surface area contributed by atoms with Gasteiger partial charge in [0.2, 0.25) is 5.91 Å². The molecule has 1 saturated heterocycles. The lowest BCUT2D eigenvalue weighted by Gasteiger charge is -2.37. The predicted molar refractivity (Wildman–Crippen MR) is 138 cm³/mol. The molecule has 0 aromatic heterocycles. The third kappa shape index (κ3) is 5.74. The molecule has 1 heterocycles. The number of benzene rings is 2. The molecule has 1 amide bonds. The van der Waals surface area contributed by atoms with Gasteiger partial charge in [-0.05, 0) is 47.7 Å². The first kappa shape index (κ1) is 24.6. The van der Waals surface area contributed by atoms with Crippen molar-refractivity contribution >= 4 is 29.3 Å². The van der Waals surface area contributed by atoms with Crippen molar-refractivity contribution in [2.24, 2.45) is 0 Å². The van der Waals surface area contributed by atoms with Crippen LogP contribution in [-0.2, 0) is 17.6 Å². The molecule has 6 nitrogen and oxygen atoms in total. The first-order valence-electron chi connectivity index (χ1n) is 12.1. The number of hydrogen-bond donors (Lipinski definition) is 2. The highest BCUT2D eigenvalue weighted by Gasteiger charge is 2.23. The van der Waals surface area contributed by atoms with Gasteiger partial charge in [-0.2, -0.15) is 0 Å². The minimum Gasteiger partial charge on any atom is -0.493 e. The number of carbonyl (C=O) groups excluding carboxylic acids is 1. The van der Waals surface area contributed by atoms with Crippen LogP contribution in [-0.4, -0.2) is 68.4 Å². The van der Waals surface area contributed by atoms with Gasteiger partial charge in [0, 0.05) is 51.3 Å². The molecule has 1 aliphatic carbocycles. The van der Waals surface area contributed by atoms with E-state index < -0.39 is 6.10 Å². The summed E-state index contributed by atoms with van der Waals surface area (Å²) in [6.07, 6.45) is 3.61. The summed E-state index contributed by atoms with van der Waals surface area (Å²) in [5.41, 5.74) is 5.33. The monoisotopic (exact) mass is 483 g/mol. The number of nitrogens with one attached hydrogen (secondary N) is 1. The van der Waals surface area contributed by atoms with Gasteiger partial charge in [0.1, 0.15) is 0 Å². The minimum atomic E-state index is -0.478. The Kier molecular flexibility index (Phi) is 8.14. The van der Waals surface area contributed by atoms with Crippen molar-refractivity contribution in [3.8, 4) is 5.75 Å². The summed E-state index contributed by atoms with van der Waals surface area (Å²) in [7, 11) is 1.66. The van der Waals surface area contributed by atoms with Crippen molar-refractivity contribution in [1.82, 2.24) is 10.2 Å². The van der Waals surface area contributed by atoms with E-state index in [0.717, 1.165) is 55.2 Å². The lowest BCUT2D eigenvalue weighted by Crippen LogP contribution is -2.49. The number of methoxy groups -OCH3 is 1. The second-order valence-corrected chi connectivity index (χ2v) is 9.42. The Morgan fingerprint density at radius 1 is 1.21 bits per heavy atom. The van der Waals surface area contributed by atoms with Gasteiger partial charge in [-0.3, -0.25) is 9.69 Å². The van der Waals surface area contributed by atoms with Gasteiger partial charge in [0.25, 0.3) is 0 Å². The number of ether oxygens (including phenoxy) is 1. The van der Waals surface area contributed by atoms with E-state index in [2.05, 4.69) is 34.2 Å². The van der Waals surface area contributed by atoms with Crippen molar-refractivity contribution in [2.75, 3.05) is 51.3 Å². The lowest BCUT2D eigenvalue weighted by molar-refractivity contribution is -0.117. The van der Waals surface area contributed by atoms with E-state index in [9.17, 15) is 9.90 Å². The molecule has 0 bridgehead atoms. The standard InChI is InChI=1S/C27H34ClN3O3/c1-3-19-14-24(28)26(34-2)25(15-19)31-12-10-30(11-13-31)18-23(32)8-9-29-27(33)22-16-20-6-4-5-7-21(20)17-22/h4-7,14-16,23,32H,3,8-13,17-18H2,1-2H3,(H,29,33)/t23-/m1/s1. The Labute approximate surface area is 207 Å². The van der Waals surface area contributed by atoms with Gasteiger partial charge in [0.05, 0.1) is 23.9 Å². The second-order valence-electron chi connectivity index (χ2n) is 9.01. The number of aliphatic hydroxyl groups is 1. The van der Waals surface area contributed by atoms with E-state index in [-0.39, 0.29) is 5.91 Å². The fourth-order valence-electron chi connectivity index (χ4n) is 4.73. The molecule has 0 spiro atoms. The maximum atomic E-state index is 12.5. The number of nitrogens with zero attached hydrogens (tertiary/aromatic N) is 2. The number of anilines is 1. The maximum Gasteiger partial charge on any atom is 0.247 e. The minimum absolute atomic E-state index is 0.0427. The summed E-state index contributed by atoms with van der Waals surface area (Å²) in [6.45, 7) is 6.58. The Balaban J connectivity index is 1.21. The maximum absolute atomic E-state index is 12.5. The first-order valence-corrected chi connectivity index (χ1v) is 12.4. The molecule has 7 heteroatoms. The summed E-state index contributed by atoms with van der Waals surface area (Å²) < 4.78 is 5.57. The number of β-amino-alcohol motifs (C(OH)–C–C–N with tert-alkyl or cyclic N) is 1. The first-order chi connectivity index (χ1) is 16.5. The molecule has 0 saturated carbocycles. The predicted octanol–water partition coefficient (Wildman–Crippen LogP) is 3.54. The number of halogens is 1. The molecule has 1 atom stereocenters. The number of piperazine rings is 1. The number of rotatable bonds is 9. The average molecular weight is 484 g/mol. The van der Waals surface area contributed by atoms with Crippen LogP contribution in [0.1, 0.15) is 30.0 Å². The van der Waals surface area contributed by atoms with Crippen molar-refractivity contribution in [1.29, 1.82) is 0 Å². The molecule has 1 aliphatic heterocycles. The van der Waals surface area contributed by atoms with Gasteiger partial charge in [0.15, 0.2) is 5.75 Å². The zero-order chi connectivity index (χ0) is 24.1. The average Bonchev–Trinajstić information content (AvgIpc) is 3.28. The summed E-state index contributed by atoms with van der Waals surface area (Å²) in [6, 6.07) is 12.2. The fraction of sp³-hybridized carbons (Fsp3) is 0.444. The van der Waals surface area contributed by atoms with Crippen LogP contribution in [0.15, 0.2) is 42.0 Å². The van der Waals surface area contributed by atoms with Crippen molar-refractivity contribution in [2.45, 2.75) is 32.3 Å². The summed E-state index contributed by atoms with van der Waals surface area (Å²) in [5.74, 6) is 0.683. The third-order valence-electron chi connectivity index (χ3n) is 6.70. The molecule has 2 aromatic carbocycles. The number of fused-ring (bicyclic) bond motifs is 1. The van der Waals surface area contributed by atoms with Crippen molar-refractivity contribution in [3.05, 3.63) is 63.7 Å². The van der Waals surface area contributed by atoms with E-state index in [1.165, 1.54) is 11.1 Å². The molecular weight excluding hydrogens is 450 g/mol. The van der Waals surface area contributed by atoms with Crippen LogP contribution in [0.25, 0.3) is 6.08 Å². The zero-order valence-electron chi connectivity index (χ0n) is 20.0. The number of aryl methyl sites for hydroxylation is 1. The molecule has 0 radical (unpaired) electrons. The third-order valence-corrected chi connectivity index (χ3v) is 6.98. The van der Waals surface area contributed by atoms with Crippen LogP contribution in [0.3, 0.4) is 0 Å². The SMILES string of the molecule is CCc1cc(Cl)c(OC)c(N2CCN(C[C@H](O)CCNC(=O)C3=Cc4ccccc4C3)CC2)c1. The number of carbonyl (C=O) groups is 1. The normalized spacial score (nSPS) is 16.7. The summed E-state index contributed by atoms with van der Waals surface area (Å²) in [5, 5.41) is 14.1. The summed E-state index contributed by atoms with van der Waals surface area (Å²) >= 11 is 6.44. The molecule has 4 rings (SSSR count). The molecular formula is C27H34ClN3O3. The molecule has 2 N–H and O–H groups in total. The molecule has 182 valence electrons. The smallest absolute Gasteiger partial charge is 0.247 e. The molecule has 0 unspecified atom stereocenters. The van der Waals surface area contributed by atoms with Crippen LogP contribution in [0, 0.1) is 0 Å². The number of hydrogen-bond acceptors (Lipinski definition) is 5. The Morgan fingerprint density at radius 2 is 1.97 bits per heavy atom. The molecule has 1 fully saturated rings. The van der Waals surface area contributed by atoms with E-state index in [0.29, 0.717) is 31.0 Å². The highest BCUT2D eigenvalue weighted by Crippen LogP contribution is 2.37. The van der Waals surface area contributed by atoms with Crippen LogP contribution in [0.4, 0.5) is 5.69 Å². The van der Waals surface area contributed by atoms with Crippen molar-refractivity contribution in [3.63, 3.8) is 0 Å². The zero-order valence-corrected chi connectivity index (χ0v) is 20.8. The fourth-order valence-corrected chi connectivity index (χ4v) is 5.04. The topological polar surface area (TPSA) is 65.0 Å². The van der Waals surface area contributed by atoms with Crippen LogP contribution < -0.4 is 15.0 Å². The van der Waals surface area contributed by atoms with Gasteiger partial charge < -0.3 is 20.1 Å². The highest BCUT2D eigenvalue weighted by molar-refractivity contribution is 6.32. The van der Waals surface area contributed by atoms with E-state index in [1.54, 1.807) is 7.11 Å². The van der Waals surface area contributed by atoms with E-state index in [1.807, 2.05) is 30.3 Å². The Morgan fingerprint density at radius 3 is 2.68 bits per heavy atom. The quantitative estimate of drug-likeness (QED) is 0.571. The second kappa shape index (κ2) is 11.3. The molecule has 2 aromatic rings. The lowest BCUT2D eigenvalue weighted by atomic mass is 10.1.